The highest BCUT2D eigenvalue weighted by Gasteiger charge is 2.33. The second-order valence-corrected chi connectivity index (χ2v) is 10.8. The fourth-order valence-electron chi connectivity index (χ4n) is 3.40. The van der Waals surface area contributed by atoms with Crippen LogP contribution in [0.15, 0.2) is 54.6 Å². The summed E-state index contributed by atoms with van der Waals surface area (Å²) in [6.45, 7) is 6.88. The monoisotopic (exact) mass is 477 g/mol. The molecule has 2 amide bonds. The molecule has 0 spiro atoms. The number of hydrogen-bond donors (Lipinski definition) is 1. The summed E-state index contributed by atoms with van der Waals surface area (Å²) >= 11 is 0. The van der Waals surface area contributed by atoms with Gasteiger partial charge in [-0.1, -0.05) is 43.3 Å². The molecule has 0 saturated carbocycles. The van der Waals surface area contributed by atoms with Gasteiger partial charge in [-0.05, 0) is 51.0 Å². The lowest BCUT2D eigenvalue weighted by Gasteiger charge is -2.34. The number of hydrogen-bond acceptors (Lipinski definition) is 4. The average molecular weight is 478 g/mol. The second-order valence-electron chi connectivity index (χ2n) is 8.92. The molecule has 0 radical (unpaired) electrons. The molecule has 0 aliphatic heterocycles. The first-order valence-electron chi connectivity index (χ1n) is 10.7. The van der Waals surface area contributed by atoms with Crippen molar-refractivity contribution < 1.29 is 22.4 Å². The first kappa shape index (κ1) is 26.3. The van der Waals surface area contributed by atoms with Gasteiger partial charge in [-0.15, -0.1) is 0 Å². The molecule has 2 rings (SSSR count). The molecule has 1 atom stereocenters. The van der Waals surface area contributed by atoms with E-state index in [4.69, 9.17) is 0 Å². The predicted octanol–water partition coefficient (Wildman–Crippen LogP) is 3.31. The van der Waals surface area contributed by atoms with Gasteiger partial charge in [-0.25, -0.2) is 12.8 Å². The zero-order valence-corrected chi connectivity index (χ0v) is 20.5. The molecular weight excluding hydrogens is 445 g/mol. The van der Waals surface area contributed by atoms with Crippen LogP contribution in [-0.4, -0.2) is 49.5 Å². The molecule has 1 N–H and O–H groups in total. The Hall–Kier alpha value is -2.94. The molecule has 0 saturated heterocycles. The van der Waals surface area contributed by atoms with Crippen LogP contribution < -0.4 is 9.62 Å². The summed E-state index contributed by atoms with van der Waals surface area (Å²) in [5.41, 5.74) is 0.328. The fourth-order valence-corrected chi connectivity index (χ4v) is 4.24. The Morgan fingerprint density at radius 2 is 1.70 bits per heavy atom. The third-order valence-electron chi connectivity index (χ3n) is 4.86. The van der Waals surface area contributed by atoms with Gasteiger partial charge >= 0.3 is 0 Å². The van der Waals surface area contributed by atoms with E-state index in [1.807, 2.05) is 51.1 Å². The van der Waals surface area contributed by atoms with E-state index >= 15 is 0 Å². The molecule has 1 unspecified atom stereocenters. The smallest absolute Gasteiger partial charge is 0.244 e. The Morgan fingerprint density at radius 3 is 2.21 bits per heavy atom. The Labute approximate surface area is 195 Å². The van der Waals surface area contributed by atoms with E-state index in [9.17, 15) is 22.4 Å². The van der Waals surface area contributed by atoms with E-state index < -0.39 is 39.9 Å². The van der Waals surface area contributed by atoms with Crippen molar-refractivity contribution in [3.8, 4) is 0 Å². The van der Waals surface area contributed by atoms with Crippen molar-refractivity contribution in [2.24, 2.45) is 0 Å². The van der Waals surface area contributed by atoms with E-state index in [-0.39, 0.29) is 18.1 Å². The summed E-state index contributed by atoms with van der Waals surface area (Å²) in [7, 11) is -3.90. The molecule has 2 aromatic rings. The molecule has 33 heavy (non-hydrogen) atoms. The summed E-state index contributed by atoms with van der Waals surface area (Å²) in [5.74, 6) is -1.51. The van der Waals surface area contributed by atoms with E-state index in [1.165, 1.54) is 23.1 Å². The quantitative estimate of drug-likeness (QED) is 0.600. The number of halogens is 1. The molecule has 0 aliphatic rings. The average Bonchev–Trinajstić information content (AvgIpc) is 2.70. The van der Waals surface area contributed by atoms with Crippen LogP contribution in [-0.2, 0) is 26.2 Å². The number of sulfonamides is 1. The van der Waals surface area contributed by atoms with Gasteiger partial charge < -0.3 is 10.2 Å². The normalized spacial score (nSPS) is 12.7. The number of benzene rings is 2. The molecule has 0 fully saturated rings. The zero-order valence-electron chi connectivity index (χ0n) is 19.7. The first-order valence-corrected chi connectivity index (χ1v) is 12.6. The number of nitrogens with one attached hydrogen (secondary N) is 1. The number of nitrogens with zero attached hydrogens (tertiary/aromatic N) is 2. The van der Waals surface area contributed by atoms with Crippen molar-refractivity contribution >= 4 is 27.5 Å². The molecular formula is C24H32FN3O4S. The number of anilines is 1. The summed E-state index contributed by atoms with van der Waals surface area (Å²) in [6.07, 6.45) is 1.29. The third kappa shape index (κ3) is 7.85. The maximum atomic E-state index is 13.8. The maximum Gasteiger partial charge on any atom is 0.244 e. The van der Waals surface area contributed by atoms with Crippen molar-refractivity contribution in [3.63, 3.8) is 0 Å². The molecule has 9 heteroatoms. The van der Waals surface area contributed by atoms with Crippen molar-refractivity contribution in [3.05, 3.63) is 66.0 Å². The molecule has 180 valence electrons. The third-order valence-corrected chi connectivity index (χ3v) is 6.00. The van der Waals surface area contributed by atoms with Gasteiger partial charge in [0.15, 0.2) is 0 Å². The van der Waals surface area contributed by atoms with Crippen LogP contribution in [0.3, 0.4) is 0 Å². The Morgan fingerprint density at radius 1 is 1.06 bits per heavy atom. The summed E-state index contributed by atoms with van der Waals surface area (Å²) in [4.78, 5) is 27.9. The van der Waals surface area contributed by atoms with E-state index in [1.54, 1.807) is 6.92 Å². The van der Waals surface area contributed by atoms with Crippen LogP contribution in [0.5, 0.6) is 0 Å². The van der Waals surface area contributed by atoms with Crippen molar-refractivity contribution in [2.45, 2.75) is 52.2 Å². The zero-order chi connectivity index (χ0) is 24.8. The van der Waals surface area contributed by atoms with E-state index in [2.05, 4.69) is 5.32 Å². The molecule has 0 heterocycles. The van der Waals surface area contributed by atoms with E-state index in [0.29, 0.717) is 6.42 Å². The Bertz CT molecular complexity index is 1070. The Kier molecular flexibility index (Phi) is 8.60. The highest BCUT2D eigenvalue weighted by molar-refractivity contribution is 7.92. The van der Waals surface area contributed by atoms with Gasteiger partial charge in [0.05, 0.1) is 11.9 Å². The highest BCUT2D eigenvalue weighted by atomic mass is 32.2. The largest absolute Gasteiger partial charge is 0.350 e. The van der Waals surface area contributed by atoms with Crippen LogP contribution in [0.4, 0.5) is 10.1 Å². The molecule has 0 aliphatic carbocycles. The summed E-state index contributed by atoms with van der Waals surface area (Å²) in [6, 6.07) is 13.4. The lowest BCUT2D eigenvalue weighted by atomic mass is 10.1. The SMILES string of the molecule is CCC(C(=O)NC(C)(C)C)N(Cc1ccccc1)C(=O)CN(c1cccc(F)c1)S(C)(=O)=O. The topological polar surface area (TPSA) is 86.8 Å². The fraction of sp³-hybridized carbons (Fsp3) is 0.417. The molecule has 0 bridgehead atoms. The summed E-state index contributed by atoms with van der Waals surface area (Å²) < 4.78 is 39.6. The minimum atomic E-state index is -3.90. The van der Waals surface area contributed by atoms with Gasteiger partial charge in [0.1, 0.15) is 18.4 Å². The minimum absolute atomic E-state index is 0.0395. The van der Waals surface area contributed by atoms with Crippen LogP contribution >= 0.6 is 0 Å². The molecule has 7 nitrogen and oxygen atoms in total. The number of carbonyl (C=O) groups excluding carboxylic acids is 2. The minimum Gasteiger partial charge on any atom is -0.350 e. The van der Waals surface area contributed by atoms with E-state index in [0.717, 1.165) is 22.2 Å². The van der Waals surface area contributed by atoms with Gasteiger partial charge in [0, 0.05) is 12.1 Å². The molecule has 0 aromatic heterocycles. The number of rotatable bonds is 9. The van der Waals surface area contributed by atoms with Crippen LogP contribution in [0, 0.1) is 5.82 Å². The van der Waals surface area contributed by atoms with Crippen molar-refractivity contribution in [1.82, 2.24) is 10.2 Å². The highest BCUT2D eigenvalue weighted by Crippen LogP contribution is 2.20. The lowest BCUT2D eigenvalue weighted by molar-refractivity contribution is -0.141. The van der Waals surface area contributed by atoms with Gasteiger partial charge in [-0.3, -0.25) is 13.9 Å². The standard InChI is InChI=1S/C24H32FN3O4S/c1-6-21(23(30)26-24(2,3)4)27(16-18-11-8-7-9-12-18)22(29)17-28(33(5,31)32)20-14-10-13-19(25)15-20/h7-15,21H,6,16-17H2,1-5H3,(H,26,30). The van der Waals surface area contributed by atoms with Crippen LogP contribution in [0.2, 0.25) is 0 Å². The van der Waals surface area contributed by atoms with Gasteiger partial charge in [0.2, 0.25) is 21.8 Å². The van der Waals surface area contributed by atoms with Gasteiger partial charge in [-0.2, -0.15) is 0 Å². The first-order chi connectivity index (χ1) is 15.3. The van der Waals surface area contributed by atoms with Gasteiger partial charge in [0.25, 0.3) is 0 Å². The lowest BCUT2D eigenvalue weighted by Crippen LogP contribution is -2.55. The van der Waals surface area contributed by atoms with Crippen LogP contribution in [0.1, 0.15) is 39.7 Å². The maximum absolute atomic E-state index is 13.8. The summed E-state index contributed by atoms with van der Waals surface area (Å²) in [5, 5.41) is 2.90. The number of amides is 2. The molecule has 2 aromatic carbocycles. The second kappa shape index (κ2) is 10.8. The predicted molar refractivity (Wildman–Crippen MR) is 128 cm³/mol. The van der Waals surface area contributed by atoms with Crippen molar-refractivity contribution in [2.75, 3.05) is 17.1 Å². The number of carbonyl (C=O) groups is 2. The Balaban J connectivity index is 2.43. The van der Waals surface area contributed by atoms with Crippen LogP contribution in [0.25, 0.3) is 0 Å². The van der Waals surface area contributed by atoms with Crippen molar-refractivity contribution in [1.29, 1.82) is 0 Å².